The van der Waals surface area contributed by atoms with E-state index in [0.29, 0.717) is 12.8 Å². The van der Waals surface area contributed by atoms with Gasteiger partial charge in [-0.1, -0.05) is 24.3 Å². The summed E-state index contributed by atoms with van der Waals surface area (Å²) in [6.45, 7) is -0.0365. The van der Waals surface area contributed by atoms with Crippen LogP contribution in [-0.4, -0.2) is 27.4 Å². The molecule has 0 aliphatic carbocycles. The summed E-state index contributed by atoms with van der Waals surface area (Å²) in [7, 11) is 0. The smallest absolute Gasteiger partial charge is 0.305 e. The number of hydrogen-bond acceptors (Lipinski definition) is 3. The molecule has 0 saturated carbocycles. The monoisotopic (exact) mass is 224 g/mol. The summed E-state index contributed by atoms with van der Waals surface area (Å²) in [5, 5.41) is 27.0. The van der Waals surface area contributed by atoms with Crippen molar-refractivity contribution >= 4 is 5.97 Å². The van der Waals surface area contributed by atoms with Crippen molar-refractivity contribution in [3.8, 4) is 0 Å². The van der Waals surface area contributed by atoms with Crippen LogP contribution in [0.25, 0.3) is 0 Å². The molecule has 0 saturated heterocycles. The second kappa shape index (κ2) is 6.25. The average molecular weight is 224 g/mol. The van der Waals surface area contributed by atoms with Crippen molar-refractivity contribution in [3.63, 3.8) is 0 Å². The molecule has 0 amide bonds. The Morgan fingerprint density at radius 1 is 1.25 bits per heavy atom. The van der Waals surface area contributed by atoms with Gasteiger partial charge in [-0.2, -0.15) is 0 Å². The molecule has 4 heteroatoms. The predicted octanol–water partition coefficient (Wildman–Crippen LogP) is 0.947. The molecule has 0 aliphatic heterocycles. The van der Waals surface area contributed by atoms with Crippen LogP contribution in [0.15, 0.2) is 24.3 Å². The molecule has 1 atom stereocenters. The van der Waals surface area contributed by atoms with E-state index in [1.807, 2.05) is 24.3 Å². The summed E-state index contributed by atoms with van der Waals surface area (Å²) in [5.74, 6) is -0.997. The van der Waals surface area contributed by atoms with Gasteiger partial charge in [-0.3, -0.25) is 4.79 Å². The van der Waals surface area contributed by atoms with E-state index < -0.39 is 12.1 Å². The minimum absolute atomic E-state index is 0.0365. The van der Waals surface area contributed by atoms with Crippen molar-refractivity contribution in [1.82, 2.24) is 0 Å². The lowest BCUT2D eigenvalue weighted by Crippen LogP contribution is -2.14. The molecule has 1 aromatic rings. The first-order chi connectivity index (χ1) is 7.63. The molecule has 0 unspecified atom stereocenters. The van der Waals surface area contributed by atoms with Crippen LogP contribution in [0.4, 0.5) is 0 Å². The molecule has 3 N–H and O–H groups in total. The zero-order valence-corrected chi connectivity index (χ0v) is 8.97. The number of hydrogen-bond donors (Lipinski definition) is 3. The number of benzene rings is 1. The molecule has 0 radical (unpaired) electrons. The van der Waals surface area contributed by atoms with Crippen molar-refractivity contribution in [3.05, 3.63) is 35.4 Å². The minimum Gasteiger partial charge on any atom is -0.481 e. The van der Waals surface area contributed by atoms with E-state index in [-0.39, 0.29) is 13.0 Å². The molecule has 1 rings (SSSR count). The molecule has 4 nitrogen and oxygen atoms in total. The number of aliphatic carboxylic acids is 1. The highest BCUT2D eigenvalue weighted by molar-refractivity contribution is 5.67. The molecule has 0 heterocycles. The highest BCUT2D eigenvalue weighted by Gasteiger charge is 2.10. The van der Waals surface area contributed by atoms with Crippen LogP contribution in [0.3, 0.4) is 0 Å². The van der Waals surface area contributed by atoms with Gasteiger partial charge in [-0.05, 0) is 24.0 Å². The van der Waals surface area contributed by atoms with Crippen molar-refractivity contribution < 1.29 is 20.1 Å². The molecular weight excluding hydrogens is 208 g/mol. The van der Waals surface area contributed by atoms with Gasteiger partial charge in [0.1, 0.15) is 0 Å². The van der Waals surface area contributed by atoms with Crippen LogP contribution in [0.1, 0.15) is 24.0 Å². The lowest BCUT2D eigenvalue weighted by Gasteiger charge is -2.10. The van der Waals surface area contributed by atoms with E-state index >= 15 is 0 Å². The first-order valence-electron chi connectivity index (χ1n) is 5.21. The molecule has 16 heavy (non-hydrogen) atoms. The third-order valence-corrected chi connectivity index (χ3v) is 2.45. The molecule has 0 aromatic heterocycles. The van der Waals surface area contributed by atoms with E-state index in [0.717, 1.165) is 11.1 Å². The maximum absolute atomic E-state index is 10.3. The summed E-state index contributed by atoms with van der Waals surface area (Å²) in [4.78, 5) is 10.3. The number of rotatable bonds is 6. The van der Waals surface area contributed by atoms with Gasteiger partial charge >= 0.3 is 5.97 Å². The summed E-state index contributed by atoms with van der Waals surface area (Å²) in [5.41, 5.74) is 1.78. The first kappa shape index (κ1) is 12.7. The second-order valence-corrected chi connectivity index (χ2v) is 3.72. The lowest BCUT2D eigenvalue weighted by atomic mass is 10.0. The molecule has 1 aromatic carbocycles. The Morgan fingerprint density at radius 3 is 2.44 bits per heavy atom. The van der Waals surface area contributed by atoms with Crippen molar-refractivity contribution in [2.45, 2.75) is 32.0 Å². The summed E-state index contributed by atoms with van der Waals surface area (Å²) < 4.78 is 0. The number of carboxylic acids is 1. The number of carbonyl (C=O) groups is 1. The lowest BCUT2D eigenvalue weighted by molar-refractivity contribution is -0.139. The number of aliphatic hydroxyl groups excluding tert-OH is 2. The normalized spacial score (nSPS) is 12.4. The van der Waals surface area contributed by atoms with Crippen LogP contribution >= 0.6 is 0 Å². The summed E-state index contributed by atoms with van der Waals surface area (Å²) in [6.07, 6.45) is -0.0975. The van der Waals surface area contributed by atoms with Crippen LogP contribution in [0.5, 0.6) is 0 Å². The summed E-state index contributed by atoms with van der Waals surface area (Å²) in [6, 6.07) is 7.39. The number of aryl methyl sites for hydroxylation is 1. The third-order valence-electron chi connectivity index (χ3n) is 2.45. The van der Waals surface area contributed by atoms with Crippen molar-refractivity contribution in [1.29, 1.82) is 0 Å². The van der Waals surface area contributed by atoms with Crippen molar-refractivity contribution in [2.75, 3.05) is 0 Å². The van der Waals surface area contributed by atoms with Crippen LogP contribution in [0, 0.1) is 0 Å². The highest BCUT2D eigenvalue weighted by atomic mass is 16.4. The van der Waals surface area contributed by atoms with Crippen LogP contribution < -0.4 is 0 Å². The minimum atomic E-state index is -0.997. The van der Waals surface area contributed by atoms with Gasteiger partial charge in [-0.25, -0.2) is 0 Å². The fourth-order valence-corrected chi connectivity index (χ4v) is 1.58. The standard InChI is InChI=1S/C12H16O4/c13-8-10-4-2-1-3-9(10)5-6-11(14)7-12(15)16/h1-4,11,13-14H,5-8H2,(H,15,16)/t11-/m1/s1. The number of carboxylic acid groups (broad SMARTS) is 1. The molecule has 88 valence electrons. The Balaban J connectivity index is 2.50. The van der Waals surface area contributed by atoms with E-state index in [4.69, 9.17) is 10.2 Å². The molecule has 0 spiro atoms. The Hall–Kier alpha value is -1.39. The zero-order valence-electron chi connectivity index (χ0n) is 8.97. The number of aliphatic hydroxyl groups is 2. The predicted molar refractivity (Wildman–Crippen MR) is 58.9 cm³/mol. The van der Waals surface area contributed by atoms with Gasteiger partial charge in [-0.15, -0.1) is 0 Å². The first-order valence-corrected chi connectivity index (χ1v) is 5.21. The van der Waals surface area contributed by atoms with Gasteiger partial charge in [0.05, 0.1) is 19.1 Å². The molecule has 0 aliphatic rings. The van der Waals surface area contributed by atoms with Crippen LogP contribution in [0.2, 0.25) is 0 Å². The molecule has 0 fully saturated rings. The second-order valence-electron chi connectivity index (χ2n) is 3.72. The van der Waals surface area contributed by atoms with Gasteiger partial charge in [0, 0.05) is 0 Å². The largest absolute Gasteiger partial charge is 0.481 e. The zero-order chi connectivity index (χ0) is 12.0. The molecule has 0 bridgehead atoms. The Morgan fingerprint density at radius 2 is 1.88 bits per heavy atom. The average Bonchev–Trinajstić information content (AvgIpc) is 2.26. The maximum atomic E-state index is 10.3. The van der Waals surface area contributed by atoms with Crippen LogP contribution in [-0.2, 0) is 17.8 Å². The molecular formula is C12H16O4. The van der Waals surface area contributed by atoms with E-state index in [9.17, 15) is 9.90 Å². The van der Waals surface area contributed by atoms with E-state index in [1.165, 1.54) is 0 Å². The highest BCUT2D eigenvalue weighted by Crippen LogP contribution is 2.13. The van der Waals surface area contributed by atoms with E-state index in [1.54, 1.807) is 0 Å². The quantitative estimate of drug-likeness (QED) is 0.672. The Bertz CT molecular complexity index is 349. The topological polar surface area (TPSA) is 77.8 Å². The van der Waals surface area contributed by atoms with Gasteiger partial charge < -0.3 is 15.3 Å². The SMILES string of the molecule is O=C(O)C[C@H](O)CCc1ccccc1CO. The Kier molecular flexibility index (Phi) is 4.95. The maximum Gasteiger partial charge on any atom is 0.305 e. The van der Waals surface area contributed by atoms with Crippen molar-refractivity contribution in [2.24, 2.45) is 0 Å². The van der Waals surface area contributed by atoms with Gasteiger partial charge in [0.2, 0.25) is 0 Å². The van der Waals surface area contributed by atoms with E-state index in [2.05, 4.69) is 0 Å². The fourth-order valence-electron chi connectivity index (χ4n) is 1.58. The summed E-state index contributed by atoms with van der Waals surface area (Å²) >= 11 is 0. The van der Waals surface area contributed by atoms with Gasteiger partial charge in [0.15, 0.2) is 0 Å². The Labute approximate surface area is 94.2 Å². The fraction of sp³-hybridized carbons (Fsp3) is 0.417. The van der Waals surface area contributed by atoms with Gasteiger partial charge in [0.25, 0.3) is 0 Å². The third kappa shape index (κ3) is 4.00.